The summed E-state index contributed by atoms with van der Waals surface area (Å²) in [4.78, 5) is 72.9. The lowest BCUT2D eigenvalue weighted by molar-refractivity contribution is -0.145. The minimum Gasteiger partial charge on any atom is -0.467 e. The smallest absolute Gasteiger partial charge is 0.328 e. The molecule has 0 aliphatic carbocycles. The first-order valence-corrected chi connectivity index (χ1v) is 15.8. The van der Waals surface area contributed by atoms with Crippen LogP contribution in [0.1, 0.15) is 65.6 Å². The first-order chi connectivity index (χ1) is 21.7. The molecule has 270 valence electrons. The number of nitrogens with zero attached hydrogens (tertiary/aromatic N) is 1. The number of nitrogens with two attached hydrogens (primary N) is 1. The fourth-order valence-electron chi connectivity index (χ4n) is 4.92. The number of imidazole rings is 1. The van der Waals surface area contributed by atoms with Gasteiger partial charge in [0.2, 0.25) is 23.6 Å². The third-order valence-corrected chi connectivity index (χ3v) is 7.34. The molecule has 4 amide bonds. The van der Waals surface area contributed by atoms with Crippen molar-refractivity contribution in [3.63, 3.8) is 0 Å². The Hall–Kier alpha value is -3.68. The van der Waals surface area contributed by atoms with Crippen LogP contribution in [0, 0.1) is 17.8 Å². The van der Waals surface area contributed by atoms with Crippen molar-refractivity contribution >= 4 is 54.4 Å². The second-order valence-electron chi connectivity index (χ2n) is 12.8. The van der Waals surface area contributed by atoms with Crippen LogP contribution in [0.2, 0.25) is 0 Å². The number of amides is 4. The summed E-state index contributed by atoms with van der Waals surface area (Å²) in [6.45, 7) is 11.2. The number of rotatable bonds is 18. The summed E-state index contributed by atoms with van der Waals surface area (Å²) in [7, 11) is 1.25. The van der Waals surface area contributed by atoms with Crippen LogP contribution >= 0.6 is 24.8 Å². The molecule has 0 unspecified atom stereocenters. The fourth-order valence-corrected chi connectivity index (χ4v) is 4.92. The topological polar surface area (TPSA) is 197 Å². The van der Waals surface area contributed by atoms with Gasteiger partial charge >= 0.3 is 5.97 Å². The van der Waals surface area contributed by atoms with Crippen molar-refractivity contribution in [1.82, 2.24) is 31.2 Å². The summed E-state index contributed by atoms with van der Waals surface area (Å²) in [5.74, 6) is -3.05. The van der Waals surface area contributed by atoms with Gasteiger partial charge in [-0.15, -0.1) is 24.8 Å². The number of esters is 1. The number of ether oxygens (including phenoxy) is 1. The first kappa shape index (κ1) is 44.3. The molecule has 2 aromatic rings. The zero-order chi connectivity index (χ0) is 34.4. The van der Waals surface area contributed by atoms with E-state index in [0.717, 1.165) is 5.56 Å². The van der Waals surface area contributed by atoms with Crippen molar-refractivity contribution in [2.24, 2.45) is 23.5 Å². The Labute approximate surface area is 295 Å². The largest absolute Gasteiger partial charge is 0.467 e. The molecule has 1 aromatic carbocycles. The molecule has 2 rings (SSSR count). The van der Waals surface area contributed by atoms with Crippen molar-refractivity contribution in [3.05, 3.63) is 54.1 Å². The highest BCUT2D eigenvalue weighted by Gasteiger charge is 2.34. The standard InChI is InChI=1S/C33H51N7O6.2ClH/c1-19(2)13-25(37-29(41)24(34)16-23-17-35-18-36-23)30(42)38-26(14-20(3)4)31(43)40-28(21(5)6)32(44)39-27(33(45)46-7)15-22-11-9-8-10-12-22;;/h8-12,17-21,24-28H,13-16,34H2,1-7H3,(H,35,36)(H,37,41)(H,38,42)(H,39,44)(H,40,43);2*1H/t24-,25-,26-,27-,28-;;/m0../s1. The molecule has 13 nitrogen and oxygen atoms in total. The molecule has 5 atom stereocenters. The minimum atomic E-state index is -1.01. The van der Waals surface area contributed by atoms with Gasteiger partial charge in [0.25, 0.3) is 0 Å². The number of aromatic amines is 1. The van der Waals surface area contributed by atoms with Crippen molar-refractivity contribution in [3.8, 4) is 0 Å². The highest BCUT2D eigenvalue weighted by molar-refractivity contribution is 5.95. The molecule has 0 saturated heterocycles. The highest BCUT2D eigenvalue weighted by Crippen LogP contribution is 2.12. The van der Waals surface area contributed by atoms with Gasteiger partial charge in [0.15, 0.2) is 0 Å². The van der Waals surface area contributed by atoms with E-state index in [1.54, 1.807) is 20.0 Å². The van der Waals surface area contributed by atoms with Crippen LogP contribution in [0.25, 0.3) is 0 Å². The number of benzene rings is 1. The van der Waals surface area contributed by atoms with E-state index in [4.69, 9.17) is 10.5 Å². The predicted octanol–water partition coefficient (Wildman–Crippen LogP) is 2.23. The number of hydrogen-bond donors (Lipinski definition) is 6. The van der Waals surface area contributed by atoms with E-state index in [1.807, 2.05) is 58.0 Å². The summed E-state index contributed by atoms with van der Waals surface area (Å²) >= 11 is 0. The number of aromatic nitrogens is 2. The van der Waals surface area contributed by atoms with E-state index in [9.17, 15) is 24.0 Å². The molecule has 0 aliphatic heterocycles. The second-order valence-corrected chi connectivity index (χ2v) is 12.8. The van der Waals surface area contributed by atoms with Gasteiger partial charge in [0.05, 0.1) is 19.5 Å². The van der Waals surface area contributed by atoms with Crippen LogP contribution < -0.4 is 27.0 Å². The number of H-pyrrole nitrogens is 1. The molecule has 0 saturated carbocycles. The second kappa shape index (κ2) is 22.0. The van der Waals surface area contributed by atoms with Crippen molar-refractivity contribution < 1.29 is 28.7 Å². The van der Waals surface area contributed by atoms with Gasteiger partial charge in [-0.05, 0) is 36.2 Å². The molecule has 1 heterocycles. The van der Waals surface area contributed by atoms with Gasteiger partial charge in [0, 0.05) is 24.7 Å². The molecule has 0 radical (unpaired) electrons. The zero-order valence-electron chi connectivity index (χ0n) is 28.8. The molecule has 0 spiro atoms. The summed E-state index contributed by atoms with van der Waals surface area (Å²) in [6.07, 6.45) is 4.08. The van der Waals surface area contributed by atoms with Crippen molar-refractivity contribution in [1.29, 1.82) is 0 Å². The molecular weight excluding hydrogens is 661 g/mol. The molecule has 15 heteroatoms. The molecule has 0 bridgehead atoms. The number of hydrogen-bond acceptors (Lipinski definition) is 8. The SMILES string of the molecule is COC(=O)[C@H](Cc1ccccc1)NC(=O)[C@@H](NC(=O)[C@H](CC(C)C)NC(=O)[C@H](CC(C)C)NC(=O)[C@@H](N)Cc1cnc[nH]1)C(C)C.Cl.Cl. The van der Waals surface area contributed by atoms with E-state index >= 15 is 0 Å². The van der Waals surface area contributed by atoms with Gasteiger partial charge < -0.3 is 36.7 Å². The molecule has 0 fully saturated rings. The molecule has 1 aromatic heterocycles. The average Bonchev–Trinajstić information content (AvgIpc) is 3.51. The summed E-state index contributed by atoms with van der Waals surface area (Å²) in [5, 5.41) is 11.1. The van der Waals surface area contributed by atoms with Crippen LogP contribution in [-0.2, 0) is 41.6 Å². The van der Waals surface area contributed by atoms with Crippen molar-refractivity contribution in [2.75, 3.05) is 7.11 Å². The van der Waals surface area contributed by atoms with Crippen LogP contribution in [0.4, 0.5) is 0 Å². The predicted molar refractivity (Wildman–Crippen MR) is 188 cm³/mol. The maximum atomic E-state index is 13.6. The Morgan fingerprint density at radius 1 is 0.750 bits per heavy atom. The molecule has 7 N–H and O–H groups in total. The lowest BCUT2D eigenvalue weighted by Crippen LogP contribution is -2.60. The van der Waals surface area contributed by atoms with Crippen molar-refractivity contribution in [2.45, 2.75) is 97.4 Å². The number of carbonyl (C=O) groups is 5. The van der Waals surface area contributed by atoms with Gasteiger partial charge in [-0.3, -0.25) is 19.2 Å². The Kier molecular flexibility index (Phi) is 20.4. The minimum absolute atomic E-state index is 0. The first-order valence-electron chi connectivity index (χ1n) is 15.8. The number of nitrogens with one attached hydrogen (secondary N) is 5. The summed E-state index contributed by atoms with van der Waals surface area (Å²) in [5.41, 5.74) is 7.61. The Bertz CT molecular complexity index is 1280. The van der Waals surface area contributed by atoms with Gasteiger partial charge in [-0.2, -0.15) is 0 Å². The lowest BCUT2D eigenvalue weighted by Gasteiger charge is -2.29. The van der Waals surface area contributed by atoms with Gasteiger partial charge in [0.1, 0.15) is 24.2 Å². The maximum absolute atomic E-state index is 13.6. The van der Waals surface area contributed by atoms with Crippen LogP contribution in [0.3, 0.4) is 0 Å². The average molecular weight is 715 g/mol. The number of halogens is 2. The quantitative estimate of drug-likeness (QED) is 0.126. The van der Waals surface area contributed by atoms with Crippen LogP contribution in [-0.4, -0.2) is 76.9 Å². The Morgan fingerprint density at radius 3 is 1.75 bits per heavy atom. The van der Waals surface area contributed by atoms with E-state index in [1.165, 1.54) is 13.4 Å². The van der Waals surface area contributed by atoms with E-state index < -0.39 is 59.8 Å². The lowest BCUT2D eigenvalue weighted by atomic mass is 9.98. The third kappa shape index (κ3) is 15.0. The fraction of sp³-hybridized carbons (Fsp3) is 0.576. The molecule has 48 heavy (non-hydrogen) atoms. The Balaban J connectivity index is 0.0000110. The summed E-state index contributed by atoms with van der Waals surface area (Å²) in [6, 6.07) is 4.37. The molecule has 0 aliphatic rings. The zero-order valence-corrected chi connectivity index (χ0v) is 30.4. The highest BCUT2D eigenvalue weighted by atomic mass is 35.5. The van der Waals surface area contributed by atoms with Crippen LogP contribution in [0.5, 0.6) is 0 Å². The Morgan fingerprint density at radius 2 is 1.27 bits per heavy atom. The maximum Gasteiger partial charge on any atom is 0.328 e. The third-order valence-electron chi connectivity index (χ3n) is 7.34. The van der Waals surface area contributed by atoms with Crippen LogP contribution in [0.15, 0.2) is 42.9 Å². The van der Waals surface area contributed by atoms with E-state index in [0.29, 0.717) is 12.1 Å². The van der Waals surface area contributed by atoms with Gasteiger partial charge in [-0.25, -0.2) is 9.78 Å². The number of methoxy groups -OCH3 is 1. The van der Waals surface area contributed by atoms with E-state index in [2.05, 4.69) is 31.2 Å². The molecular formula is C33H53Cl2N7O6. The normalized spacial score (nSPS) is 14.0. The van der Waals surface area contributed by atoms with Gasteiger partial charge in [-0.1, -0.05) is 71.9 Å². The monoisotopic (exact) mass is 713 g/mol. The number of carbonyl (C=O) groups excluding carboxylic acids is 5. The summed E-state index contributed by atoms with van der Waals surface area (Å²) < 4.78 is 4.92. The van der Waals surface area contributed by atoms with E-state index in [-0.39, 0.29) is 61.8 Å².